The first kappa shape index (κ1) is 12.0. The standard InChI is InChI=1S/C4H7F3O3S2/c5-4(6,7)1-2-11-3-12(8,9)10/h1-3H2,(H,8,9,10). The highest BCUT2D eigenvalue weighted by Gasteiger charge is 2.26. The number of halogens is 3. The summed E-state index contributed by atoms with van der Waals surface area (Å²) in [7, 11) is -4.15. The Morgan fingerprint density at radius 2 is 1.83 bits per heavy atom. The Morgan fingerprint density at radius 3 is 2.17 bits per heavy atom. The second-order valence-electron chi connectivity index (χ2n) is 1.97. The zero-order valence-electron chi connectivity index (χ0n) is 5.84. The highest BCUT2D eigenvalue weighted by atomic mass is 32.3. The molecular weight excluding hydrogens is 217 g/mol. The highest BCUT2D eigenvalue weighted by molar-refractivity contribution is 8.10. The molecule has 0 spiro atoms. The van der Waals surface area contributed by atoms with Gasteiger partial charge in [0.15, 0.2) is 0 Å². The number of rotatable bonds is 4. The van der Waals surface area contributed by atoms with E-state index in [1.807, 2.05) is 0 Å². The molecule has 3 nitrogen and oxygen atoms in total. The molecule has 0 saturated heterocycles. The molecule has 0 fully saturated rings. The van der Waals surface area contributed by atoms with Crippen LogP contribution >= 0.6 is 11.8 Å². The van der Waals surface area contributed by atoms with Crippen molar-refractivity contribution in [3.63, 3.8) is 0 Å². The molecule has 1 N–H and O–H groups in total. The van der Waals surface area contributed by atoms with E-state index in [9.17, 15) is 21.6 Å². The largest absolute Gasteiger partial charge is 0.389 e. The minimum Gasteiger partial charge on any atom is -0.285 e. The van der Waals surface area contributed by atoms with Crippen molar-refractivity contribution in [2.24, 2.45) is 0 Å². The van der Waals surface area contributed by atoms with E-state index in [0.29, 0.717) is 11.8 Å². The van der Waals surface area contributed by atoms with Crippen LogP contribution < -0.4 is 0 Å². The molecule has 0 rings (SSSR count). The zero-order chi connectivity index (χ0) is 9.83. The summed E-state index contributed by atoms with van der Waals surface area (Å²) in [5.41, 5.74) is 0. The third kappa shape index (κ3) is 10.0. The van der Waals surface area contributed by atoms with Crippen molar-refractivity contribution >= 4 is 21.9 Å². The molecule has 0 aliphatic carbocycles. The molecule has 0 saturated carbocycles. The van der Waals surface area contributed by atoms with Gasteiger partial charge < -0.3 is 0 Å². The number of hydrogen-bond donors (Lipinski definition) is 1. The van der Waals surface area contributed by atoms with Crippen molar-refractivity contribution in [2.45, 2.75) is 12.6 Å². The normalized spacial score (nSPS) is 13.3. The van der Waals surface area contributed by atoms with Gasteiger partial charge >= 0.3 is 6.18 Å². The summed E-state index contributed by atoms with van der Waals surface area (Å²) >= 11 is 0.529. The third-order valence-corrected chi connectivity index (χ3v) is 3.11. The minimum absolute atomic E-state index is 0.358. The van der Waals surface area contributed by atoms with Crippen LogP contribution in [-0.2, 0) is 10.1 Å². The number of hydrogen-bond acceptors (Lipinski definition) is 3. The van der Waals surface area contributed by atoms with E-state index >= 15 is 0 Å². The van der Waals surface area contributed by atoms with Crippen LogP contribution in [0.25, 0.3) is 0 Å². The van der Waals surface area contributed by atoms with Crippen molar-refractivity contribution in [3.05, 3.63) is 0 Å². The summed E-state index contributed by atoms with van der Waals surface area (Å²) < 4.78 is 62.5. The second-order valence-corrected chi connectivity index (χ2v) is 4.90. The van der Waals surface area contributed by atoms with E-state index in [-0.39, 0.29) is 5.75 Å². The van der Waals surface area contributed by atoms with Crippen LogP contribution in [0.2, 0.25) is 0 Å². The molecule has 0 aromatic carbocycles. The lowest BCUT2D eigenvalue weighted by Gasteiger charge is -2.03. The topological polar surface area (TPSA) is 54.4 Å². The van der Waals surface area contributed by atoms with Gasteiger partial charge in [-0.1, -0.05) is 0 Å². The van der Waals surface area contributed by atoms with Gasteiger partial charge in [0.25, 0.3) is 10.1 Å². The van der Waals surface area contributed by atoms with Crippen molar-refractivity contribution in [1.29, 1.82) is 0 Å². The van der Waals surface area contributed by atoms with Gasteiger partial charge in [0.05, 0.1) is 6.42 Å². The third-order valence-electron chi connectivity index (χ3n) is 0.762. The lowest BCUT2D eigenvalue weighted by molar-refractivity contribution is -0.129. The van der Waals surface area contributed by atoms with Gasteiger partial charge in [-0.25, -0.2) is 0 Å². The first-order chi connectivity index (χ1) is 5.21. The Kier molecular flexibility index (Phi) is 4.35. The van der Waals surface area contributed by atoms with Crippen molar-refractivity contribution in [1.82, 2.24) is 0 Å². The van der Waals surface area contributed by atoms with Crippen LogP contribution in [0.4, 0.5) is 13.2 Å². The summed E-state index contributed by atoms with van der Waals surface area (Å²) in [5, 5.41) is -0.691. The molecule has 0 aromatic rings. The fraction of sp³-hybridized carbons (Fsp3) is 1.00. The molecule has 12 heavy (non-hydrogen) atoms. The van der Waals surface area contributed by atoms with E-state index in [4.69, 9.17) is 4.55 Å². The van der Waals surface area contributed by atoms with E-state index in [1.165, 1.54) is 0 Å². The Labute approximate surface area is 72.1 Å². The molecule has 0 heterocycles. The van der Waals surface area contributed by atoms with Crippen molar-refractivity contribution in [3.8, 4) is 0 Å². The first-order valence-corrected chi connectivity index (χ1v) is 5.57. The maximum Gasteiger partial charge on any atom is 0.389 e. The smallest absolute Gasteiger partial charge is 0.285 e. The van der Waals surface area contributed by atoms with Gasteiger partial charge in [0.2, 0.25) is 0 Å². The summed E-state index contributed by atoms with van der Waals surface area (Å²) in [5.74, 6) is -0.358. The predicted octanol–water partition coefficient (Wildman–Crippen LogP) is 1.52. The molecule has 0 amide bonds. The van der Waals surface area contributed by atoms with Crippen LogP contribution in [0.3, 0.4) is 0 Å². The molecule has 0 aliphatic heterocycles. The highest BCUT2D eigenvalue weighted by Crippen LogP contribution is 2.22. The Bertz CT molecular complexity index is 220. The lowest BCUT2D eigenvalue weighted by atomic mass is 10.5. The number of alkyl halides is 3. The molecule has 0 radical (unpaired) electrons. The maximum absolute atomic E-state index is 11.5. The Morgan fingerprint density at radius 1 is 1.33 bits per heavy atom. The van der Waals surface area contributed by atoms with Crippen molar-refractivity contribution in [2.75, 3.05) is 10.8 Å². The number of thioether (sulfide) groups is 1. The lowest BCUT2D eigenvalue weighted by Crippen LogP contribution is -2.09. The van der Waals surface area contributed by atoms with E-state index < -0.39 is 27.8 Å². The fourth-order valence-electron chi connectivity index (χ4n) is 0.352. The zero-order valence-corrected chi connectivity index (χ0v) is 7.47. The maximum atomic E-state index is 11.5. The average molecular weight is 224 g/mol. The van der Waals surface area contributed by atoms with Gasteiger partial charge in [0, 0.05) is 5.75 Å². The van der Waals surface area contributed by atoms with Gasteiger partial charge in [-0.15, -0.1) is 11.8 Å². The summed E-state index contributed by atoms with van der Waals surface area (Å²) in [6, 6.07) is 0. The monoisotopic (exact) mass is 224 g/mol. The van der Waals surface area contributed by atoms with E-state index in [0.717, 1.165) is 0 Å². The fourth-order valence-corrected chi connectivity index (χ4v) is 2.04. The van der Waals surface area contributed by atoms with Gasteiger partial charge in [-0.3, -0.25) is 4.55 Å². The quantitative estimate of drug-likeness (QED) is 0.581. The van der Waals surface area contributed by atoms with Crippen LogP contribution in [0.15, 0.2) is 0 Å². The molecule has 74 valence electrons. The molecule has 0 bridgehead atoms. The van der Waals surface area contributed by atoms with Crippen LogP contribution in [0, 0.1) is 0 Å². The van der Waals surface area contributed by atoms with Crippen molar-refractivity contribution < 1.29 is 26.1 Å². The van der Waals surface area contributed by atoms with Crippen LogP contribution in [0.1, 0.15) is 6.42 Å². The molecular formula is C4H7F3O3S2. The SMILES string of the molecule is O=S(=O)(O)CSCCC(F)(F)F. The second kappa shape index (κ2) is 4.33. The molecule has 8 heteroatoms. The predicted molar refractivity (Wildman–Crippen MR) is 39.5 cm³/mol. The van der Waals surface area contributed by atoms with Crippen LogP contribution in [-0.4, -0.2) is 30.0 Å². The molecule has 0 atom stereocenters. The Balaban J connectivity index is 3.48. The summed E-state index contributed by atoms with van der Waals surface area (Å²) in [6.07, 6.45) is -5.32. The van der Waals surface area contributed by atoms with Gasteiger partial charge in [-0.05, 0) is 0 Å². The Hall–Kier alpha value is 0.0500. The summed E-state index contributed by atoms with van der Waals surface area (Å²) in [4.78, 5) is 0. The van der Waals surface area contributed by atoms with E-state index in [1.54, 1.807) is 0 Å². The first-order valence-electron chi connectivity index (χ1n) is 2.80. The van der Waals surface area contributed by atoms with E-state index in [2.05, 4.69) is 0 Å². The molecule has 0 aromatic heterocycles. The van der Waals surface area contributed by atoms with Gasteiger partial charge in [-0.2, -0.15) is 21.6 Å². The minimum atomic E-state index is -4.27. The average Bonchev–Trinajstić information content (AvgIpc) is 1.76. The van der Waals surface area contributed by atoms with Gasteiger partial charge in [0.1, 0.15) is 5.08 Å². The summed E-state index contributed by atoms with van der Waals surface area (Å²) in [6.45, 7) is 0. The van der Waals surface area contributed by atoms with Crippen LogP contribution in [0.5, 0.6) is 0 Å². The molecule has 0 aliphatic rings. The molecule has 0 unspecified atom stereocenters.